The van der Waals surface area contributed by atoms with Gasteiger partial charge in [0.25, 0.3) is 0 Å². The van der Waals surface area contributed by atoms with Gasteiger partial charge in [-0.05, 0) is 19.8 Å². The lowest BCUT2D eigenvalue weighted by molar-refractivity contribution is 0.00816. The zero-order chi connectivity index (χ0) is 19.4. The van der Waals surface area contributed by atoms with Crippen LogP contribution >= 0.6 is 0 Å². The molecule has 0 radical (unpaired) electrons. The normalized spacial score (nSPS) is 21.8. The molecule has 3 heterocycles. The maximum Gasteiger partial charge on any atom is 0.322 e. The molecule has 0 unspecified atom stereocenters. The number of carbonyl (C=O) groups is 1. The zero-order valence-corrected chi connectivity index (χ0v) is 16.6. The second-order valence-corrected chi connectivity index (χ2v) is 7.29. The number of aromatic nitrogens is 2. The highest BCUT2D eigenvalue weighted by atomic mass is 16.5. The molecule has 0 aromatic carbocycles. The van der Waals surface area contributed by atoms with Crippen LogP contribution in [0.5, 0.6) is 5.88 Å². The molecule has 0 aliphatic carbocycles. The summed E-state index contributed by atoms with van der Waals surface area (Å²) >= 11 is 0. The van der Waals surface area contributed by atoms with Gasteiger partial charge in [-0.1, -0.05) is 0 Å². The fourth-order valence-corrected chi connectivity index (χ4v) is 3.81. The number of nitrogens with zero attached hydrogens (tertiary/aromatic N) is 5. The van der Waals surface area contributed by atoms with Crippen LogP contribution in [0.3, 0.4) is 0 Å². The highest BCUT2D eigenvalue weighted by Crippen LogP contribution is 2.30. The Morgan fingerprint density at radius 2 is 2.04 bits per heavy atom. The molecule has 150 valence electrons. The van der Waals surface area contributed by atoms with Crippen LogP contribution in [0.1, 0.15) is 19.8 Å². The van der Waals surface area contributed by atoms with E-state index >= 15 is 0 Å². The number of hydrogen-bond donors (Lipinski definition) is 1. The summed E-state index contributed by atoms with van der Waals surface area (Å²) in [7, 11) is 5.27. The minimum atomic E-state index is -0.148. The highest BCUT2D eigenvalue weighted by Gasteiger charge is 2.32. The van der Waals surface area contributed by atoms with Gasteiger partial charge in [0.1, 0.15) is 12.0 Å². The first-order chi connectivity index (χ1) is 13.0. The average Bonchev–Trinajstić information content (AvgIpc) is 2.68. The lowest BCUT2D eigenvalue weighted by atomic mass is 10.0. The molecule has 2 saturated heterocycles. The maximum absolute atomic E-state index is 13.0. The van der Waals surface area contributed by atoms with Crippen LogP contribution < -0.4 is 15.0 Å². The van der Waals surface area contributed by atoms with Gasteiger partial charge < -0.3 is 19.3 Å². The number of carbonyl (C=O) groups excluding carboxylic acids is 1. The quantitative estimate of drug-likeness (QED) is 0.845. The van der Waals surface area contributed by atoms with Crippen molar-refractivity contribution >= 4 is 17.5 Å². The van der Waals surface area contributed by atoms with Crippen molar-refractivity contribution in [3.05, 3.63) is 6.33 Å². The van der Waals surface area contributed by atoms with Crippen LogP contribution in [-0.2, 0) is 4.74 Å². The van der Waals surface area contributed by atoms with Crippen molar-refractivity contribution in [1.29, 1.82) is 0 Å². The van der Waals surface area contributed by atoms with Crippen LogP contribution in [0.2, 0.25) is 0 Å². The van der Waals surface area contributed by atoms with Crippen molar-refractivity contribution in [3.8, 4) is 5.88 Å². The molecule has 0 bridgehead atoms. The van der Waals surface area contributed by atoms with E-state index in [1.54, 1.807) is 0 Å². The Hall–Kier alpha value is -2.13. The third-order valence-corrected chi connectivity index (χ3v) is 5.27. The van der Waals surface area contributed by atoms with Gasteiger partial charge in [-0.3, -0.25) is 10.2 Å². The maximum atomic E-state index is 13.0. The van der Waals surface area contributed by atoms with E-state index in [-0.39, 0.29) is 12.1 Å². The number of amides is 2. The SMILES string of the molecule is COc1ncnc(N(C)C)c1NC(=O)N1CCN(C2CCOCC2)C[C@@H]1C. The topological polar surface area (TPSA) is 83.1 Å². The number of hydrogen-bond acceptors (Lipinski definition) is 7. The smallest absolute Gasteiger partial charge is 0.322 e. The number of piperazine rings is 1. The minimum absolute atomic E-state index is 0.125. The summed E-state index contributed by atoms with van der Waals surface area (Å²) in [5, 5.41) is 2.96. The summed E-state index contributed by atoms with van der Waals surface area (Å²) in [5.41, 5.74) is 0.494. The molecule has 27 heavy (non-hydrogen) atoms. The number of anilines is 2. The van der Waals surface area contributed by atoms with Gasteiger partial charge in [-0.2, -0.15) is 4.98 Å². The monoisotopic (exact) mass is 378 g/mol. The molecule has 1 N–H and O–H groups in total. The summed E-state index contributed by atoms with van der Waals surface area (Å²) in [6.07, 6.45) is 3.58. The molecule has 1 aromatic rings. The zero-order valence-electron chi connectivity index (χ0n) is 16.6. The summed E-state index contributed by atoms with van der Waals surface area (Å²) in [6.45, 7) is 6.21. The van der Waals surface area contributed by atoms with Gasteiger partial charge in [-0.25, -0.2) is 9.78 Å². The first-order valence-corrected chi connectivity index (χ1v) is 9.47. The largest absolute Gasteiger partial charge is 0.479 e. The van der Waals surface area contributed by atoms with E-state index in [4.69, 9.17) is 9.47 Å². The molecule has 0 spiro atoms. The standard InChI is InChI=1S/C18H30N6O3/c1-13-11-23(14-5-9-27-10-6-14)7-8-24(13)18(25)21-15-16(22(2)3)19-12-20-17(15)26-4/h12-14H,5-11H2,1-4H3,(H,21,25)/t13-/m0/s1. The van der Waals surface area contributed by atoms with Crippen molar-refractivity contribution in [2.45, 2.75) is 31.8 Å². The van der Waals surface area contributed by atoms with E-state index in [2.05, 4.69) is 27.1 Å². The molecule has 2 amide bonds. The molecule has 1 atom stereocenters. The van der Waals surface area contributed by atoms with Gasteiger partial charge in [0, 0.05) is 59.0 Å². The van der Waals surface area contributed by atoms with Gasteiger partial charge >= 0.3 is 6.03 Å². The van der Waals surface area contributed by atoms with E-state index in [9.17, 15) is 4.79 Å². The Morgan fingerprint density at radius 3 is 2.67 bits per heavy atom. The number of nitrogens with one attached hydrogen (secondary N) is 1. The van der Waals surface area contributed by atoms with Crippen LogP contribution in [0.25, 0.3) is 0 Å². The first kappa shape index (κ1) is 19.6. The van der Waals surface area contributed by atoms with Crippen molar-refractivity contribution < 1.29 is 14.3 Å². The Morgan fingerprint density at radius 1 is 1.30 bits per heavy atom. The van der Waals surface area contributed by atoms with Crippen LogP contribution in [0.15, 0.2) is 6.33 Å². The summed E-state index contributed by atoms with van der Waals surface area (Å²) in [5.74, 6) is 0.972. The number of ether oxygens (including phenoxy) is 2. The Balaban J connectivity index is 1.67. The van der Waals surface area contributed by atoms with Gasteiger partial charge in [0.15, 0.2) is 5.82 Å². The Bertz CT molecular complexity index is 650. The summed E-state index contributed by atoms with van der Waals surface area (Å²) < 4.78 is 10.8. The summed E-state index contributed by atoms with van der Waals surface area (Å²) in [6, 6.07) is 0.541. The molecule has 3 rings (SSSR count). The van der Waals surface area contributed by atoms with Crippen LogP contribution in [0.4, 0.5) is 16.3 Å². The van der Waals surface area contributed by atoms with Crippen molar-refractivity contribution in [2.24, 2.45) is 0 Å². The van der Waals surface area contributed by atoms with Crippen LogP contribution in [-0.4, -0.2) is 91.9 Å². The predicted molar refractivity (Wildman–Crippen MR) is 104 cm³/mol. The fourth-order valence-electron chi connectivity index (χ4n) is 3.81. The lowest BCUT2D eigenvalue weighted by Crippen LogP contribution is -2.58. The molecular weight excluding hydrogens is 348 g/mol. The molecule has 1 aromatic heterocycles. The third kappa shape index (κ3) is 4.41. The first-order valence-electron chi connectivity index (χ1n) is 9.47. The van der Waals surface area contributed by atoms with Crippen molar-refractivity contribution in [2.75, 3.05) is 64.3 Å². The van der Waals surface area contributed by atoms with Crippen molar-refractivity contribution in [1.82, 2.24) is 19.8 Å². The number of rotatable bonds is 4. The number of urea groups is 1. The lowest BCUT2D eigenvalue weighted by Gasteiger charge is -2.44. The minimum Gasteiger partial charge on any atom is -0.479 e. The van der Waals surface area contributed by atoms with Gasteiger partial charge in [0.2, 0.25) is 5.88 Å². The summed E-state index contributed by atoms with van der Waals surface area (Å²) in [4.78, 5) is 27.5. The second kappa shape index (κ2) is 8.71. The van der Waals surface area contributed by atoms with Gasteiger partial charge in [0.05, 0.1) is 7.11 Å². The van der Waals surface area contributed by atoms with Crippen molar-refractivity contribution in [3.63, 3.8) is 0 Å². The Kier molecular flexibility index (Phi) is 6.33. The van der Waals surface area contributed by atoms with E-state index < -0.39 is 0 Å². The third-order valence-electron chi connectivity index (χ3n) is 5.27. The fraction of sp³-hybridized carbons (Fsp3) is 0.722. The van der Waals surface area contributed by atoms with Gasteiger partial charge in [-0.15, -0.1) is 0 Å². The number of methoxy groups -OCH3 is 1. The molecular formula is C18H30N6O3. The van der Waals surface area contributed by atoms with E-state index in [1.165, 1.54) is 13.4 Å². The molecule has 2 aliphatic heterocycles. The second-order valence-electron chi connectivity index (χ2n) is 7.29. The van der Waals surface area contributed by atoms with E-state index in [1.807, 2.05) is 23.9 Å². The van der Waals surface area contributed by atoms with E-state index in [0.717, 1.165) is 39.1 Å². The molecule has 9 nitrogen and oxygen atoms in total. The highest BCUT2D eigenvalue weighted by molar-refractivity contribution is 5.94. The molecule has 2 fully saturated rings. The van der Waals surface area contributed by atoms with E-state index in [0.29, 0.717) is 30.0 Å². The molecule has 0 saturated carbocycles. The molecule has 2 aliphatic rings. The van der Waals surface area contributed by atoms with Crippen LogP contribution in [0, 0.1) is 0 Å². The molecule has 9 heteroatoms. The predicted octanol–water partition coefficient (Wildman–Crippen LogP) is 1.27. The Labute approximate surface area is 160 Å². The average molecular weight is 378 g/mol.